The number of nitrogens with zero attached hydrogens (tertiary/aromatic N) is 4. The molecule has 2 aromatic carbocycles. The van der Waals surface area contributed by atoms with Crippen LogP contribution in [0, 0.1) is 6.92 Å². The van der Waals surface area contributed by atoms with Crippen molar-refractivity contribution < 1.29 is 14.3 Å². The highest BCUT2D eigenvalue weighted by molar-refractivity contribution is 5.78. The summed E-state index contributed by atoms with van der Waals surface area (Å²) in [4.78, 5) is 14.6. The van der Waals surface area contributed by atoms with Gasteiger partial charge in [0.15, 0.2) is 6.61 Å². The SMILES string of the molecule is COc1ccc(OCC(=O)N2Cc3nn(-c4ccc(C)cc4)c(-n4cccc4)c3C2)cc1. The van der Waals surface area contributed by atoms with Crippen LogP contribution in [-0.4, -0.2) is 38.9 Å². The minimum Gasteiger partial charge on any atom is -0.497 e. The summed E-state index contributed by atoms with van der Waals surface area (Å²) < 4.78 is 14.8. The van der Waals surface area contributed by atoms with Crippen molar-refractivity contribution >= 4 is 5.91 Å². The van der Waals surface area contributed by atoms with Gasteiger partial charge in [0.2, 0.25) is 0 Å². The number of aryl methyl sites for hydroxylation is 1. The largest absolute Gasteiger partial charge is 0.497 e. The second-order valence-electron chi connectivity index (χ2n) is 7.80. The van der Waals surface area contributed by atoms with Crippen molar-refractivity contribution in [2.75, 3.05) is 13.7 Å². The maximum Gasteiger partial charge on any atom is 0.261 e. The van der Waals surface area contributed by atoms with Crippen LogP contribution in [0.25, 0.3) is 11.5 Å². The molecule has 0 bridgehead atoms. The van der Waals surface area contributed by atoms with E-state index < -0.39 is 0 Å². The summed E-state index contributed by atoms with van der Waals surface area (Å²) in [6.07, 6.45) is 4.00. The fourth-order valence-electron chi connectivity index (χ4n) is 3.89. The normalized spacial score (nSPS) is 12.6. The van der Waals surface area contributed by atoms with Gasteiger partial charge in [0, 0.05) is 18.0 Å². The first-order valence-corrected chi connectivity index (χ1v) is 10.5. The molecular formula is C25H24N4O3. The van der Waals surface area contributed by atoms with Crippen molar-refractivity contribution in [1.29, 1.82) is 0 Å². The fourth-order valence-corrected chi connectivity index (χ4v) is 3.89. The number of aromatic nitrogens is 3. The van der Waals surface area contributed by atoms with Crippen LogP contribution < -0.4 is 9.47 Å². The number of hydrogen-bond donors (Lipinski definition) is 0. The van der Waals surface area contributed by atoms with Crippen LogP contribution in [-0.2, 0) is 17.9 Å². The molecule has 4 aromatic rings. The molecule has 32 heavy (non-hydrogen) atoms. The van der Waals surface area contributed by atoms with E-state index in [1.54, 1.807) is 24.1 Å². The lowest BCUT2D eigenvalue weighted by atomic mass is 10.2. The Bertz CT molecular complexity index is 1230. The molecule has 3 heterocycles. The van der Waals surface area contributed by atoms with Gasteiger partial charge in [0.05, 0.1) is 31.6 Å². The molecule has 0 atom stereocenters. The number of carbonyl (C=O) groups excluding carboxylic acids is 1. The van der Waals surface area contributed by atoms with Gasteiger partial charge in [0.25, 0.3) is 5.91 Å². The first-order chi connectivity index (χ1) is 15.6. The summed E-state index contributed by atoms with van der Waals surface area (Å²) in [6.45, 7) is 3.01. The van der Waals surface area contributed by atoms with Gasteiger partial charge in [-0.25, -0.2) is 4.68 Å². The monoisotopic (exact) mass is 428 g/mol. The second-order valence-corrected chi connectivity index (χ2v) is 7.80. The van der Waals surface area contributed by atoms with Crippen LogP contribution in [0.5, 0.6) is 11.5 Å². The zero-order valence-electron chi connectivity index (χ0n) is 18.1. The number of hydrogen-bond acceptors (Lipinski definition) is 4. The van der Waals surface area contributed by atoms with Gasteiger partial charge in [-0.3, -0.25) is 4.79 Å². The van der Waals surface area contributed by atoms with Crippen molar-refractivity contribution in [2.45, 2.75) is 20.0 Å². The maximum absolute atomic E-state index is 12.8. The zero-order chi connectivity index (χ0) is 22.1. The van der Waals surface area contributed by atoms with E-state index in [2.05, 4.69) is 31.2 Å². The summed E-state index contributed by atoms with van der Waals surface area (Å²) in [5, 5.41) is 4.86. The number of rotatable bonds is 6. The molecular weight excluding hydrogens is 404 g/mol. The van der Waals surface area contributed by atoms with Crippen LogP contribution in [0.3, 0.4) is 0 Å². The lowest BCUT2D eigenvalue weighted by Crippen LogP contribution is -2.31. The Morgan fingerprint density at radius 3 is 2.34 bits per heavy atom. The van der Waals surface area contributed by atoms with Crippen molar-refractivity contribution in [2.24, 2.45) is 0 Å². The Kier molecular flexibility index (Phi) is 5.15. The average molecular weight is 428 g/mol. The summed E-state index contributed by atoms with van der Waals surface area (Å²) in [6, 6.07) is 19.5. The molecule has 0 aliphatic carbocycles. The number of amides is 1. The van der Waals surface area contributed by atoms with Gasteiger partial charge in [-0.05, 0) is 55.5 Å². The lowest BCUT2D eigenvalue weighted by molar-refractivity contribution is -0.134. The molecule has 0 spiro atoms. The van der Waals surface area contributed by atoms with Gasteiger partial charge in [-0.1, -0.05) is 17.7 Å². The van der Waals surface area contributed by atoms with Crippen molar-refractivity contribution in [3.63, 3.8) is 0 Å². The zero-order valence-corrected chi connectivity index (χ0v) is 18.1. The lowest BCUT2D eigenvalue weighted by Gasteiger charge is -2.18. The van der Waals surface area contributed by atoms with E-state index in [4.69, 9.17) is 14.6 Å². The van der Waals surface area contributed by atoms with Gasteiger partial charge < -0.3 is 18.9 Å². The Balaban J connectivity index is 1.36. The third-order valence-corrected chi connectivity index (χ3v) is 5.63. The van der Waals surface area contributed by atoms with E-state index in [0.717, 1.165) is 28.5 Å². The van der Waals surface area contributed by atoms with Gasteiger partial charge >= 0.3 is 0 Å². The standard InChI is InChI=1S/C25H24N4O3/c1-18-5-7-19(8-6-18)29-25(27-13-3-4-14-27)22-15-28(16-23(22)26-29)24(30)17-32-21-11-9-20(31-2)10-12-21/h3-14H,15-17H2,1-2H3. The second kappa shape index (κ2) is 8.26. The predicted octanol–water partition coefficient (Wildman–Crippen LogP) is 3.90. The molecule has 0 saturated heterocycles. The predicted molar refractivity (Wildman–Crippen MR) is 120 cm³/mol. The van der Waals surface area contributed by atoms with E-state index in [1.165, 1.54) is 5.56 Å². The van der Waals surface area contributed by atoms with E-state index in [-0.39, 0.29) is 12.5 Å². The van der Waals surface area contributed by atoms with Crippen molar-refractivity contribution in [3.8, 4) is 23.0 Å². The number of methoxy groups -OCH3 is 1. The summed E-state index contributed by atoms with van der Waals surface area (Å²) in [5.41, 5.74) is 4.16. The third-order valence-electron chi connectivity index (χ3n) is 5.63. The third kappa shape index (κ3) is 3.73. The van der Waals surface area contributed by atoms with Gasteiger partial charge in [-0.15, -0.1) is 0 Å². The quantitative estimate of drug-likeness (QED) is 0.467. The number of carbonyl (C=O) groups is 1. The molecule has 1 aliphatic rings. The first-order valence-electron chi connectivity index (χ1n) is 10.5. The van der Waals surface area contributed by atoms with E-state index in [9.17, 15) is 4.79 Å². The van der Waals surface area contributed by atoms with Gasteiger partial charge in [0.1, 0.15) is 17.3 Å². The Morgan fingerprint density at radius 2 is 1.66 bits per heavy atom. The Morgan fingerprint density at radius 1 is 0.969 bits per heavy atom. The highest BCUT2D eigenvalue weighted by Crippen LogP contribution is 2.30. The van der Waals surface area contributed by atoms with E-state index in [0.29, 0.717) is 18.8 Å². The van der Waals surface area contributed by atoms with Crippen molar-refractivity contribution in [3.05, 3.63) is 89.9 Å². The molecule has 7 nitrogen and oxygen atoms in total. The summed E-state index contributed by atoms with van der Waals surface area (Å²) in [5.74, 6) is 2.27. The Labute approximate surface area is 186 Å². The summed E-state index contributed by atoms with van der Waals surface area (Å²) >= 11 is 0. The smallest absolute Gasteiger partial charge is 0.261 e. The van der Waals surface area contributed by atoms with Crippen molar-refractivity contribution in [1.82, 2.24) is 19.2 Å². The van der Waals surface area contributed by atoms with Crippen LogP contribution in [0.15, 0.2) is 73.1 Å². The maximum atomic E-state index is 12.8. The molecule has 0 saturated carbocycles. The molecule has 5 rings (SSSR count). The molecule has 1 aliphatic heterocycles. The molecule has 0 unspecified atom stereocenters. The molecule has 162 valence electrons. The van der Waals surface area contributed by atoms with Crippen LogP contribution in [0.2, 0.25) is 0 Å². The van der Waals surface area contributed by atoms with Crippen LogP contribution in [0.1, 0.15) is 16.8 Å². The number of fused-ring (bicyclic) bond motifs is 1. The number of benzene rings is 2. The number of ether oxygens (including phenoxy) is 2. The minimum absolute atomic E-state index is 0.0204. The van der Waals surface area contributed by atoms with Crippen LogP contribution in [0.4, 0.5) is 0 Å². The minimum atomic E-state index is -0.0702. The molecule has 7 heteroatoms. The fraction of sp³-hybridized carbons (Fsp3) is 0.200. The van der Waals surface area contributed by atoms with Crippen LogP contribution >= 0.6 is 0 Å². The summed E-state index contributed by atoms with van der Waals surface area (Å²) in [7, 11) is 1.61. The molecule has 1 amide bonds. The molecule has 0 radical (unpaired) electrons. The Hall–Kier alpha value is -4.00. The van der Waals surface area contributed by atoms with E-state index >= 15 is 0 Å². The molecule has 2 aromatic heterocycles. The molecule has 0 fully saturated rings. The highest BCUT2D eigenvalue weighted by Gasteiger charge is 2.31. The average Bonchev–Trinajstić information content (AvgIpc) is 3.54. The first kappa shape index (κ1) is 19.9. The van der Waals surface area contributed by atoms with E-state index in [1.807, 2.05) is 45.9 Å². The topological polar surface area (TPSA) is 61.5 Å². The highest BCUT2D eigenvalue weighted by atomic mass is 16.5. The molecule has 0 N–H and O–H groups in total. The van der Waals surface area contributed by atoms with Gasteiger partial charge in [-0.2, -0.15) is 5.10 Å².